The molecule has 1 saturated heterocycles. The van der Waals surface area contributed by atoms with Gasteiger partial charge >= 0.3 is 0 Å². The molecule has 3 N–H and O–H groups in total. The topological polar surface area (TPSA) is 109 Å². The summed E-state index contributed by atoms with van der Waals surface area (Å²) in [7, 11) is 1.64. The van der Waals surface area contributed by atoms with E-state index in [1.807, 2.05) is 12.1 Å². The number of nitrogens with zero attached hydrogens (tertiary/aromatic N) is 3. The van der Waals surface area contributed by atoms with E-state index in [1.165, 1.54) is 16.4 Å². The largest absolute Gasteiger partial charge is 0.369 e. The Kier molecular flexibility index (Phi) is 4.34. The summed E-state index contributed by atoms with van der Waals surface area (Å²) in [6.07, 6.45) is 2.00. The van der Waals surface area contributed by atoms with Gasteiger partial charge in [-0.2, -0.15) is 4.37 Å². The highest BCUT2D eigenvalue weighted by Gasteiger charge is 2.42. The Labute approximate surface area is 165 Å². The third-order valence-electron chi connectivity index (χ3n) is 4.68. The number of likely N-dealkylation sites (N-methyl/N-ethyl adjacent to an activating group) is 1. The number of primary amides is 1. The van der Waals surface area contributed by atoms with E-state index in [4.69, 9.17) is 5.73 Å². The Bertz CT molecular complexity index is 1180. The molecule has 0 unspecified atom stereocenters. The Morgan fingerprint density at radius 3 is 2.93 bits per heavy atom. The fourth-order valence-electron chi connectivity index (χ4n) is 3.12. The maximum Gasteiger partial charge on any atom is 0.267 e. The second kappa shape index (κ2) is 6.71. The fraction of sp³-hybridized carbons (Fsp3) is 0.200. The lowest BCUT2D eigenvalue weighted by Gasteiger charge is -2.13. The summed E-state index contributed by atoms with van der Waals surface area (Å²) in [6.45, 7) is 0.465. The number of likely N-dealkylation sites (tertiary alicyclic amines) is 1. The van der Waals surface area contributed by atoms with E-state index in [2.05, 4.69) is 21.2 Å². The summed E-state index contributed by atoms with van der Waals surface area (Å²) < 4.78 is 5.11. The molecule has 4 rings (SSSR count). The molecule has 0 bridgehead atoms. The van der Waals surface area contributed by atoms with E-state index >= 15 is 0 Å². The monoisotopic (exact) mass is 392 g/mol. The molecule has 2 amide bonds. The van der Waals surface area contributed by atoms with Gasteiger partial charge in [0.2, 0.25) is 5.60 Å². The first-order valence-electron chi connectivity index (χ1n) is 8.54. The maximum absolute atomic E-state index is 12.1. The van der Waals surface area contributed by atoms with Crippen molar-refractivity contribution >= 4 is 33.4 Å². The molecule has 2 aromatic heterocycles. The molecule has 1 aromatic carbocycles. The molecule has 0 saturated carbocycles. The third kappa shape index (κ3) is 3.11. The van der Waals surface area contributed by atoms with Gasteiger partial charge in [-0.25, -0.2) is 4.98 Å². The van der Waals surface area contributed by atoms with E-state index in [0.717, 1.165) is 15.6 Å². The Balaban J connectivity index is 1.81. The van der Waals surface area contributed by atoms with E-state index < -0.39 is 17.4 Å². The maximum atomic E-state index is 12.1. The molecular weight excluding hydrogens is 376 g/mol. The molecule has 1 fully saturated rings. The quantitative estimate of drug-likeness (QED) is 0.641. The van der Waals surface area contributed by atoms with Crippen molar-refractivity contribution in [3.05, 3.63) is 47.8 Å². The van der Waals surface area contributed by atoms with E-state index in [-0.39, 0.29) is 12.1 Å². The molecule has 1 atom stereocenters. The Hall–Kier alpha value is -3.28. The minimum absolute atomic E-state index is 0.166. The van der Waals surface area contributed by atoms with Crippen LogP contribution in [0.2, 0.25) is 0 Å². The molecule has 3 heterocycles. The zero-order valence-corrected chi connectivity index (χ0v) is 15.8. The third-order valence-corrected chi connectivity index (χ3v) is 5.42. The van der Waals surface area contributed by atoms with Crippen LogP contribution < -0.4 is 5.73 Å². The molecule has 0 spiro atoms. The number of hydrogen-bond donors (Lipinski definition) is 2. The van der Waals surface area contributed by atoms with E-state index in [9.17, 15) is 14.7 Å². The number of amides is 2. The molecule has 0 aliphatic carbocycles. The van der Waals surface area contributed by atoms with Crippen molar-refractivity contribution < 1.29 is 14.7 Å². The van der Waals surface area contributed by atoms with Crippen LogP contribution in [0.5, 0.6) is 0 Å². The average Bonchev–Trinajstić information content (AvgIpc) is 3.26. The summed E-state index contributed by atoms with van der Waals surface area (Å²) in [5.74, 6) is 4.64. The number of nitrogens with two attached hydrogens (primary N) is 1. The minimum Gasteiger partial charge on any atom is -0.369 e. The van der Waals surface area contributed by atoms with Crippen LogP contribution in [0.15, 0.2) is 36.5 Å². The number of aromatic nitrogens is 2. The Morgan fingerprint density at radius 2 is 2.21 bits per heavy atom. The highest BCUT2D eigenvalue weighted by Crippen LogP contribution is 2.31. The second-order valence-corrected chi connectivity index (χ2v) is 7.45. The molecule has 0 radical (unpaired) electrons. The van der Waals surface area contributed by atoms with Gasteiger partial charge in [-0.15, -0.1) is 0 Å². The van der Waals surface area contributed by atoms with Crippen molar-refractivity contribution in [2.45, 2.75) is 12.0 Å². The van der Waals surface area contributed by atoms with Crippen LogP contribution in [0.25, 0.3) is 21.3 Å². The molecule has 1 aliphatic heterocycles. The van der Waals surface area contributed by atoms with Gasteiger partial charge in [-0.1, -0.05) is 17.9 Å². The van der Waals surface area contributed by atoms with Gasteiger partial charge in [0.1, 0.15) is 5.69 Å². The van der Waals surface area contributed by atoms with Crippen molar-refractivity contribution in [1.82, 2.24) is 14.3 Å². The van der Waals surface area contributed by atoms with E-state index in [0.29, 0.717) is 17.8 Å². The summed E-state index contributed by atoms with van der Waals surface area (Å²) >= 11 is 1.30. The zero-order chi connectivity index (χ0) is 19.9. The molecule has 8 heteroatoms. The molecule has 140 valence electrons. The van der Waals surface area contributed by atoms with Crippen LogP contribution in [-0.2, 0) is 4.79 Å². The molecule has 3 aromatic rings. The highest BCUT2D eigenvalue weighted by atomic mass is 32.1. The highest BCUT2D eigenvalue weighted by molar-refractivity contribution is 7.13. The number of carbonyl (C=O) groups is 2. The number of pyridine rings is 1. The fourth-order valence-corrected chi connectivity index (χ4v) is 3.83. The lowest BCUT2D eigenvalue weighted by atomic mass is 10.0. The van der Waals surface area contributed by atoms with Crippen LogP contribution in [0.1, 0.15) is 22.5 Å². The van der Waals surface area contributed by atoms with Gasteiger partial charge in [0.25, 0.3) is 11.8 Å². The van der Waals surface area contributed by atoms with Crippen LogP contribution in [0, 0.1) is 11.8 Å². The normalized spacial score (nSPS) is 18.9. The molecule has 7 nitrogen and oxygen atoms in total. The molecule has 28 heavy (non-hydrogen) atoms. The van der Waals surface area contributed by atoms with Gasteiger partial charge in [0.05, 0.1) is 10.4 Å². The molecular formula is C20H16N4O3S. The van der Waals surface area contributed by atoms with Crippen molar-refractivity contribution in [1.29, 1.82) is 0 Å². The predicted octanol–water partition coefficient (Wildman–Crippen LogP) is 1.40. The number of hydrogen-bond acceptors (Lipinski definition) is 6. The number of benzene rings is 1. The van der Waals surface area contributed by atoms with Crippen LogP contribution in [-0.4, -0.2) is 50.4 Å². The summed E-state index contributed by atoms with van der Waals surface area (Å²) in [4.78, 5) is 29.4. The lowest BCUT2D eigenvalue weighted by molar-refractivity contribution is -0.137. The summed E-state index contributed by atoms with van der Waals surface area (Å²) in [6, 6.07) is 8.70. The van der Waals surface area contributed by atoms with E-state index in [1.54, 1.807) is 31.4 Å². The first-order valence-corrected chi connectivity index (χ1v) is 9.31. The number of carbonyl (C=O) groups excluding carboxylic acids is 2. The first kappa shape index (κ1) is 18.1. The van der Waals surface area contributed by atoms with Gasteiger partial charge in [-0.05, 0) is 35.8 Å². The zero-order valence-electron chi connectivity index (χ0n) is 15.0. The Morgan fingerprint density at radius 1 is 1.39 bits per heavy atom. The number of rotatable bonds is 2. The molecule has 1 aliphatic rings. The smallest absolute Gasteiger partial charge is 0.267 e. The summed E-state index contributed by atoms with van der Waals surface area (Å²) in [5.41, 5.74) is 5.78. The van der Waals surface area contributed by atoms with Gasteiger partial charge in [0.15, 0.2) is 0 Å². The summed E-state index contributed by atoms with van der Waals surface area (Å²) in [5, 5.41) is 11.4. The van der Waals surface area contributed by atoms with Crippen LogP contribution in [0.3, 0.4) is 0 Å². The number of aliphatic hydroxyl groups is 1. The lowest BCUT2D eigenvalue weighted by Crippen LogP contribution is -2.37. The van der Waals surface area contributed by atoms with Crippen molar-refractivity contribution in [2.24, 2.45) is 5.73 Å². The van der Waals surface area contributed by atoms with Gasteiger partial charge in [-0.3, -0.25) is 9.59 Å². The predicted molar refractivity (Wildman–Crippen MR) is 105 cm³/mol. The van der Waals surface area contributed by atoms with Gasteiger partial charge < -0.3 is 15.7 Å². The minimum atomic E-state index is -1.66. The number of fused-ring (bicyclic) bond motifs is 1. The first-order chi connectivity index (χ1) is 13.4. The van der Waals surface area contributed by atoms with Crippen molar-refractivity contribution in [3.8, 4) is 23.1 Å². The van der Waals surface area contributed by atoms with Crippen molar-refractivity contribution in [2.75, 3.05) is 13.6 Å². The van der Waals surface area contributed by atoms with Crippen LogP contribution >= 0.6 is 11.5 Å². The average molecular weight is 392 g/mol. The van der Waals surface area contributed by atoms with Crippen LogP contribution in [0.4, 0.5) is 0 Å². The second-order valence-electron chi connectivity index (χ2n) is 6.62. The SMILES string of the molecule is CN1CC[C@@](O)(C#Cc2cc(-c3cccc(C(N)=O)n3)c3cnsc3c2)C1=O. The van der Waals surface area contributed by atoms with Gasteiger partial charge in [0, 0.05) is 42.7 Å². The standard InChI is InChI=1S/C20H16N4O3S/c1-24-8-7-20(27,19(24)26)6-5-12-9-13(14-11-22-28-17(14)10-12)15-3-2-4-16(23-15)18(21)25/h2-4,9-11,27H,7-8H2,1H3,(H2,21,25)/t20-/m0/s1. The van der Waals surface area contributed by atoms with Crippen molar-refractivity contribution in [3.63, 3.8) is 0 Å².